The average molecular weight is 243 g/mol. The van der Waals surface area contributed by atoms with Crippen molar-refractivity contribution in [3.63, 3.8) is 0 Å². The maximum absolute atomic E-state index is 11.4. The van der Waals surface area contributed by atoms with E-state index in [9.17, 15) is 4.79 Å². The molecule has 0 saturated carbocycles. The molecule has 0 radical (unpaired) electrons. The van der Waals surface area contributed by atoms with E-state index < -0.39 is 0 Å². The minimum Gasteiger partial charge on any atom is -0.368 e. The summed E-state index contributed by atoms with van der Waals surface area (Å²) < 4.78 is 0. The smallest absolute Gasteiger partial charge is 0.234 e. The van der Waals surface area contributed by atoms with Gasteiger partial charge in [-0.2, -0.15) is 0 Å². The fourth-order valence-electron chi connectivity index (χ4n) is 2.12. The van der Waals surface area contributed by atoms with Crippen LogP contribution in [-0.2, 0) is 4.79 Å². The molecule has 0 aromatic rings. The Morgan fingerprint density at radius 3 is 2.29 bits per heavy atom. The van der Waals surface area contributed by atoms with Gasteiger partial charge in [0.1, 0.15) is 0 Å². The van der Waals surface area contributed by atoms with Crippen LogP contribution in [0.2, 0.25) is 0 Å². The number of hydrogen-bond acceptors (Lipinski definition) is 3. The number of rotatable bonds is 10. The van der Waals surface area contributed by atoms with Gasteiger partial charge in [-0.3, -0.25) is 4.79 Å². The molecular formula is C13H29N3O. The molecule has 0 aliphatic carbocycles. The Kier molecular flexibility index (Phi) is 9.09. The molecule has 1 amide bonds. The van der Waals surface area contributed by atoms with Gasteiger partial charge in [-0.15, -0.1) is 0 Å². The standard InChI is InChI=1S/C13H29N3O/c1-5-8-11(4)12(13(14)17)15-9-10-16(6-2)7-3/h11-12,15H,5-10H2,1-4H3,(H2,14,17). The topological polar surface area (TPSA) is 58.4 Å². The van der Waals surface area contributed by atoms with Gasteiger partial charge < -0.3 is 16.0 Å². The summed E-state index contributed by atoms with van der Waals surface area (Å²) in [4.78, 5) is 13.7. The molecule has 0 rings (SSSR count). The van der Waals surface area contributed by atoms with E-state index in [0.717, 1.165) is 39.0 Å². The van der Waals surface area contributed by atoms with Crippen molar-refractivity contribution < 1.29 is 4.79 Å². The molecule has 2 unspecified atom stereocenters. The van der Waals surface area contributed by atoms with Crippen molar-refractivity contribution in [2.45, 2.75) is 46.6 Å². The first-order chi connectivity index (χ1) is 8.06. The van der Waals surface area contributed by atoms with E-state index in [1.54, 1.807) is 0 Å². The van der Waals surface area contributed by atoms with E-state index in [2.05, 4.69) is 37.9 Å². The van der Waals surface area contributed by atoms with Gasteiger partial charge in [0.15, 0.2) is 0 Å². The SMILES string of the molecule is CCCC(C)C(NCCN(CC)CC)C(N)=O. The molecule has 4 heteroatoms. The molecule has 4 nitrogen and oxygen atoms in total. The number of hydrogen-bond donors (Lipinski definition) is 2. The number of carbonyl (C=O) groups is 1. The molecule has 0 saturated heterocycles. The van der Waals surface area contributed by atoms with E-state index in [4.69, 9.17) is 5.73 Å². The predicted molar refractivity (Wildman–Crippen MR) is 72.8 cm³/mol. The summed E-state index contributed by atoms with van der Waals surface area (Å²) in [6.45, 7) is 12.4. The van der Waals surface area contributed by atoms with Crippen LogP contribution in [0.15, 0.2) is 0 Å². The quantitative estimate of drug-likeness (QED) is 0.606. The van der Waals surface area contributed by atoms with Gasteiger partial charge in [-0.25, -0.2) is 0 Å². The van der Waals surface area contributed by atoms with E-state index in [1.807, 2.05) is 0 Å². The van der Waals surface area contributed by atoms with Crippen molar-refractivity contribution in [2.75, 3.05) is 26.2 Å². The number of likely N-dealkylation sites (N-methyl/N-ethyl adjacent to an activating group) is 1. The molecular weight excluding hydrogens is 214 g/mol. The van der Waals surface area contributed by atoms with Crippen LogP contribution in [0.25, 0.3) is 0 Å². The zero-order valence-electron chi connectivity index (χ0n) is 11.8. The van der Waals surface area contributed by atoms with Gasteiger partial charge in [0.2, 0.25) is 5.91 Å². The van der Waals surface area contributed by atoms with Crippen LogP contribution in [0.3, 0.4) is 0 Å². The van der Waals surface area contributed by atoms with Crippen molar-refractivity contribution in [3.05, 3.63) is 0 Å². The summed E-state index contributed by atoms with van der Waals surface area (Å²) in [5.74, 6) is 0.0831. The minimum absolute atomic E-state index is 0.189. The lowest BCUT2D eigenvalue weighted by Crippen LogP contribution is -2.48. The predicted octanol–water partition coefficient (Wildman–Crippen LogP) is 1.21. The van der Waals surface area contributed by atoms with Crippen LogP contribution < -0.4 is 11.1 Å². The highest BCUT2D eigenvalue weighted by atomic mass is 16.1. The Morgan fingerprint density at radius 2 is 1.88 bits per heavy atom. The van der Waals surface area contributed by atoms with Gasteiger partial charge in [0.25, 0.3) is 0 Å². The lowest BCUT2D eigenvalue weighted by molar-refractivity contribution is -0.121. The van der Waals surface area contributed by atoms with Crippen molar-refractivity contribution in [1.29, 1.82) is 0 Å². The molecule has 17 heavy (non-hydrogen) atoms. The third kappa shape index (κ3) is 6.64. The number of carbonyl (C=O) groups excluding carboxylic acids is 1. The summed E-state index contributed by atoms with van der Waals surface area (Å²) in [6.07, 6.45) is 2.12. The first-order valence-electron chi connectivity index (χ1n) is 6.81. The molecule has 102 valence electrons. The van der Waals surface area contributed by atoms with Crippen molar-refractivity contribution >= 4 is 5.91 Å². The van der Waals surface area contributed by atoms with Crippen LogP contribution in [0.5, 0.6) is 0 Å². The normalized spacial score (nSPS) is 14.9. The Balaban J connectivity index is 4.05. The largest absolute Gasteiger partial charge is 0.368 e. The summed E-state index contributed by atoms with van der Waals surface area (Å²) in [6, 6.07) is -0.189. The lowest BCUT2D eigenvalue weighted by Gasteiger charge is -2.24. The first kappa shape index (κ1) is 16.4. The number of nitrogens with one attached hydrogen (secondary N) is 1. The van der Waals surface area contributed by atoms with Crippen LogP contribution in [0, 0.1) is 5.92 Å². The molecule has 0 bridgehead atoms. The van der Waals surface area contributed by atoms with Crippen molar-refractivity contribution in [3.8, 4) is 0 Å². The van der Waals surface area contributed by atoms with E-state index >= 15 is 0 Å². The maximum Gasteiger partial charge on any atom is 0.234 e. The monoisotopic (exact) mass is 243 g/mol. The molecule has 0 spiro atoms. The lowest BCUT2D eigenvalue weighted by atomic mass is 9.96. The molecule has 3 N–H and O–H groups in total. The summed E-state index contributed by atoms with van der Waals surface area (Å²) in [5.41, 5.74) is 5.43. The van der Waals surface area contributed by atoms with E-state index in [-0.39, 0.29) is 11.9 Å². The van der Waals surface area contributed by atoms with Crippen molar-refractivity contribution in [1.82, 2.24) is 10.2 Å². The highest BCUT2D eigenvalue weighted by molar-refractivity contribution is 5.80. The zero-order valence-corrected chi connectivity index (χ0v) is 11.8. The Labute approximate surface area is 106 Å². The van der Waals surface area contributed by atoms with E-state index in [0.29, 0.717) is 5.92 Å². The van der Waals surface area contributed by atoms with Crippen LogP contribution in [0.4, 0.5) is 0 Å². The number of primary amides is 1. The average Bonchev–Trinajstić information content (AvgIpc) is 2.29. The van der Waals surface area contributed by atoms with Gasteiger partial charge in [-0.05, 0) is 25.4 Å². The van der Waals surface area contributed by atoms with Crippen LogP contribution >= 0.6 is 0 Å². The van der Waals surface area contributed by atoms with Crippen LogP contribution in [0.1, 0.15) is 40.5 Å². The number of nitrogens with two attached hydrogens (primary N) is 1. The third-order valence-electron chi connectivity index (χ3n) is 3.31. The van der Waals surface area contributed by atoms with Gasteiger partial charge in [0.05, 0.1) is 6.04 Å². The Hall–Kier alpha value is -0.610. The molecule has 0 aliphatic rings. The molecule has 0 aromatic heterocycles. The fourth-order valence-corrected chi connectivity index (χ4v) is 2.12. The third-order valence-corrected chi connectivity index (χ3v) is 3.31. The van der Waals surface area contributed by atoms with Gasteiger partial charge >= 0.3 is 0 Å². The zero-order chi connectivity index (χ0) is 13.3. The second-order valence-corrected chi connectivity index (χ2v) is 4.63. The highest BCUT2D eigenvalue weighted by Gasteiger charge is 2.21. The van der Waals surface area contributed by atoms with Gasteiger partial charge in [-0.1, -0.05) is 34.1 Å². The molecule has 0 aromatic carbocycles. The van der Waals surface area contributed by atoms with E-state index in [1.165, 1.54) is 0 Å². The number of nitrogens with zero attached hydrogens (tertiary/aromatic N) is 1. The second-order valence-electron chi connectivity index (χ2n) is 4.63. The van der Waals surface area contributed by atoms with Gasteiger partial charge in [0, 0.05) is 13.1 Å². The molecule has 0 fully saturated rings. The first-order valence-corrected chi connectivity index (χ1v) is 6.81. The highest BCUT2D eigenvalue weighted by Crippen LogP contribution is 2.10. The van der Waals surface area contributed by atoms with Crippen molar-refractivity contribution in [2.24, 2.45) is 11.7 Å². The fraction of sp³-hybridized carbons (Fsp3) is 0.923. The summed E-state index contributed by atoms with van der Waals surface area (Å²) >= 11 is 0. The van der Waals surface area contributed by atoms with Crippen LogP contribution in [-0.4, -0.2) is 43.0 Å². The number of amides is 1. The maximum atomic E-state index is 11.4. The molecule has 2 atom stereocenters. The Morgan fingerprint density at radius 1 is 1.29 bits per heavy atom. The summed E-state index contributed by atoms with van der Waals surface area (Å²) in [5, 5.41) is 3.29. The molecule has 0 heterocycles. The molecule has 0 aliphatic heterocycles. The second kappa shape index (κ2) is 9.42. The minimum atomic E-state index is -0.231. The summed E-state index contributed by atoms with van der Waals surface area (Å²) in [7, 11) is 0. The Bertz CT molecular complexity index is 205.